The van der Waals surface area contributed by atoms with E-state index in [1.807, 2.05) is 4.90 Å². The normalized spacial score (nSPS) is 20.0. The molecule has 6 nitrogen and oxygen atoms in total. The molecule has 2 heterocycles. The van der Waals surface area contributed by atoms with Crippen LogP contribution in [0.25, 0.3) is 0 Å². The van der Waals surface area contributed by atoms with E-state index in [1.54, 1.807) is 12.1 Å². The van der Waals surface area contributed by atoms with E-state index >= 15 is 0 Å². The molecule has 2 fully saturated rings. The number of halogens is 1. The monoisotopic (exact) mass is 383 g/mol. The van der Waals surface area contributed by atoms with Crippen LogP contribution in [0.2, 0.25) is 0 Å². The molecule has 2 amide bonds. The highest BCUT2D eigenvalue weighted by molar-refractivity contribution is 9.10. The quantitative estimate of drug-likeness (QED) is 0.861. The second kappa shape index (κ2) is 7.49. The van der Waals surface area contributed by atoms with Crippen molar-refractivity contribution in [3.8, 4) is 0 Å². The van der Waals surface area contributed by atoms with Gasteiger partial charge in [-0.05, 0) is 40.9 Å². The minimum atomic E-state index is -0.367. The molecule has 1 saturated heterocycles. The molecule has 0 aromatic carbocycles. The number of hydrogen-bond donors (Lipinski definition) is 1. The van der Waals surface area contributed by atoms with Gasteiger partial charge in [0.15, 0.2) is 10.4 Å². The molecule has 0 unspecified atom stereocenters. The van der Waals surface area contributed by atoms with Crippen molar-refractivity contribution < 1.29 is 14.0 Å². The Morgan fingerprint density at radius 1 is 1.17 bits per heavy atom. The molecule has 23 heavy (non-hydrogen) atoms. The largest absolute Gasteiger partial charge is 0.444 e. The van der Waals surface area contributed by atoms with Gasteiger partial charge in [-0.3, -0.25) is 14.5 Å². The lowest BCUT2D eigenvalue weighted by molar-refractivity contribution is -0.132. The maximum Gasteiger partial charge on any atom is 0.287 e. The van der Waals surface area contributed by atoms with Gasteiger partial charge in [0.2, 0.25) is 5.91 Å². The second-order valence-electron chi connectivity index (χ2n) is 6.14. The lowest BCUT2D eigenvalue weighted by Gasteiger charge is -2.38. The fourth-order valence-electron chi connectivity index (χ4n) is 3.40. The molecule has 1 aromatic rings. The summed E-state index contributed by atoms with van der Waals surface area (Å²) in [6.07, 6.45) is 5.25. The highest BCUT2D eigenvalue weighted by atomic mass is 79.9. The van der Waals surface area contributed by atoms with Crippen LogP contribution in [-0.4, -0.2) is 60.4 Å². The van der Waals surface area contributed by atoms with Crippen LogP contribution in [0.3, 0.4) is 0 Å². The van der Waals surface area contributed by atoms with E-state index in [9.17, 15) is 9.59 Å². The smallest absolute Gasteiger partial charge is 0.287 e. The van der Waals surface area contributed by atoms with Crippen LogP contribution >= 0.6 is 15.9 Å². The van der Waals surface area contributed by atoms with E-state index in [-0.39, 0.29) is 24.1 Å². The molecule has 1 aliphatic carbocycles. The fourth-order valence-corrected chi connectivity index (χ4v) is 3.70. The van der Waals surface area contributed by atoms with Gasteiger partial charge in [0.25, 0.3) is 5.91 Å². The highest BCUT2D eigenvalue weighted by Gasteiger charge is 2.27. The van der Waals surface area contributed by atoms with E-state index < -0.39 is 0 Å². The standard InChI is InChI=1S/C16H22BrN3O3/c17-14-6-5-13(23-14)16(22)18-11-15(21)20-9-7-19(8-10-20)12-3-1-2-4-12/h5-6,12H,1-4,7-11H2,(H,18,22). The first-order valence-electron chi connectivity index (χ1n) is 8.19. The summed E-state index contributed by atoms with van der Waals surface area (Å²) in [6, 6.07) is 3.94. The molecule has 1 aromatic heterocycles. The third-order valence-electron chi connectivity index (χ3n) is 4.71. The molecular formula is C16H22BrN3O3. The summed E-state index contributed by atoms with van der Waals surface area (Å²) < 4.78 is 5.66. The van der Waals surface area contributed by atoms with Gasteiger partial charge >= 0.3 is 0 Å². The summed E-state index contributed by atoms with van der Waals surface area (Å²) in [6.45, 7) is 3.39. The summed E-state index contributed by atoms with van der Waals surface area (Å²) in [7, 11) is 0. The molecule has 126 valence electrons. The van der Waals surface area contributed by atoms with E-state index in [4.69, 9.17) is 4.42 Å². The van der Waals surface area contributed by atoms with Crippen molar-refractivity contribution in [1.29, 1.82) is 0 Å². The number of nitrogens with zero attached hydrogens (tertiary/aromatic N) is 2. The third-order valence-corrected chi connectivity index (χ3v) is 5.13. The van der Waals surface area contributed by atoms with Crippen molar-refractivity contribution in [2.45, 2.75) is 31.7 Å². The predicted molar refractivity (Wildman–Crippen MR) is 89.2 cm³/mol. The van der Waals surface area contributed by atoms with Crippen molar-refractivity contribution in [2.75, 3.05) is 32.7 Å². The summed E-state index contributed by atoms with van der Waals surface area (Å²) >= 11 is 3.15. The van der Waals surface area contributed by atoms with Crippen molar-refractivity contribution in [3.63, 3.8) is 0 Å². The van der Waals surface area contributed by atoms with E-state index in [0.29, 0.717) is 10.7 Å². The van der Waals surface area contributed by atoms with Crippen LogP contribution in [0.15, 0.2) is 21.2 Å². The van der Waals surface area contributed by atoms with Gasteiger partial charge in [0.1, 0.15) is 0 Å². The van der Waals surface area contributed by atoms with Crippen LogP contribution < -0.4 is 5.32 Å². The third kappa shape index (κ3) is 4.14. The number of hydrogen-bond acceptors (Lipinski definition) is 4. The predicted octanol–water partition coefficient (Wildman–Crippen LogP) is 1.86. The molecule has 0 atom stereocenters. The maximum absolute atomic E-state index is 12.2. The molecular weight excluding hydrogens is 362 g/mol. The Hall–Kier alpha value is -1.34. The van der Waals surface area contributed by atoms with Gasteiger partial charge < -0.3 is 14.6 Å². The minimum absolute atomic E-state index is 0.0145. The van der Waals surface area contributed by atoms with Gasteiger partial charge in [-0.15, -0.1) is 0 Å². The van der Waals surface area contributed by atoms with Gasteiger partial charge in [-0.2, -0.15) is 0 Å². The molecule has 2 aliphatic rings. The van der Waals surface area contributed by atoms with E-state index in [1.165, 1.54) is 25.7 Å². The zero-order valence-electron chi connectivity index (χ0n) is 13.1. The van der Waals surface area contributed by atoms with Gasteiger partial charge in [-0.25, -0.2) is 0 Å². The number of rotatable bonds is 4. The van der Waals surface area contributed by atoms with Gasteiger partial charge in [0.05, 0.1) is 6.54 Å². The number of furan rings is 1. The SMILES string of the molecule is O=C(NCC(=O)N1CCN(C2CCCC2)CC1)c1ccc(Br)o1. The highest BCUT2D eigenvalue weighted by Crippen LogP contribution is 2.24. The molecule has 1 saturated carbocycles. The van der Waals surface area contributed by atoms with E-state index in [2.05, 4.69) is 26.1 Å². The van der Waals surface area contributed by atoms with Crippen LogP contribution in [0.1, 0.15) is 36.2 Å². The van der Waals surface area contributed by atoms with Crippen molar-refractivity contribution in [3.05, 3.63) is 22.6 Å². The van der Waals surface area contributed by atoms with Crippen molar-refractivity contribution in [1.82, 2.24) is 15.1 Å². The summed E-state index contributed by atoms with van der Waals surface area (Å²) in [5.41, 5.74) is 0. The van der Waals surface area contributed by atoms with Crippen LogP contribution in [0.5, 0.6) is 0 Å². The van der Waals surface area contributed by atoms with Crippen LogP contribution in [0, 0.1) is 0 Å². The first-order chi connectivity index (χ1) is 11.1. The Labute approximate surface area is 144 Å². The Balaban J connectivity index is 1.41. The molecule has 0 bridgehead atoms. The summed E-state index contributed by atoms with van der Waals surface area (Å²) in [5.74, 6) is -0.195. The first-order valence-corrected chi connectivity index (χ1v) is 8.98. The fraction of sp³-hybridized carbons (Fsp3) is 0.625. The van der Waals surface area contributed by atoms with Crippen LogP contribution in [-0.2, 0) is 4.79 Å². The maximum atomic E-state index is 12.2. The second-order valence-corrected chi connectivity index (χ2v) is 6.92. The average molecular weight is 384 g/mol. The Bertz CT molecular complexity index is 561. The molecule has 0 spiro atoms. The van der Waals surface area contributed by atoms with Crippen molar-refractivity contribution >= 4 is 27.7 Å². The minimum Gasteiger partial charge on any atom is -0.444 e. The number of nitrogens with one attached hydrogen (secondary N) is 1. The lowest BCUT2D eigenvalue weighted by Crippen LogP contribution is -2.53. The lowest BCUT2D eigenvalue weighted by atomic mass is 10.2. The molecule has 3 rings (SSSR count). The van der Waals surface area contributed by atoms with E-state index in [0.717, 1.165) is 26.2 Å². The van der Waals surface area contributed by atoms with Gasteiger partial charge in [-0.1, -0.05) is 12.8 Å². The van der Waals surface area contributed by atoms with Crippen LogP contribution in [0.4, 0.5) is 0 Å². The van der Waals surface area contributed by atoms with Crippen molar-refractivity contribution in [2.24, 2.45) is 0 Å². The number of amides is 2. The zero-order chi connectivity index (χ0) is 16.2. The molecule has 1 aliphatic heterocycles. The molecule has 1 N–H and O–H groups in total. The number of carbonyl (C=O) groups excluding carboxylic acids is 2. The Kier molecular flexibility index (Phi) is 5.38. The molecule has 0 radical (unpaired) electrons. The number of piperazine rings is 1. The number of carbonyl (C=O) groups is 2. The summed E-state index contributed by atoms with van der Waals surface area (Å²) in [4.78, 5) is 28.4. The average Bonchev–Trinajstić information content (AvgIpc) is 3.24. The Morgan fingerprint density at radius 2 is 1.87 bits per heavy atom. The first kappa shape index (κ1) is 16.5. The van der Waals surface area contributed by atoms with Gasteiger partial charge in [0, 0.05) is 32.2 Å². The summed E-state index contributed by atoms with van der Waals surface area (Å²) in [5, 5.41) is 2.62. The molecule has 7 heteroatoms. The Morgan fingerprint density at radius 3 is 2.48 bits per heavy atom. The zero-order valence-corrected chi connectivity index (χ0v) is 14.7. The topological polar surface area (TPSA) is 65.8 Å².